The minimum atomic E-state index is -1.05. The Labute approximate surface area is 292 Å². The lowest BCUT2D eigenvalue weighted by Crippen LogP contribution is -2.36. The monoisotopic (exact) mass is 692 g/mol. The highest BCUT2D eigenvalue weighted by Crippen LogP contribution is 2.42. The van der Waals surface area contributed by atoms with E-state index in [1.165, 1.54) is 20.3 Å². The number of primary amides is 1. The second-order valence-electron chi connectivity index (χ2n) is 12.5. The first-order chi connectivity index (χ1) is 23.6. The molecule has 0 unspecified atom stereocenters. The molecule has 270 valence electrons. The van der Waals surface area contributed by atoms with E-state index >= 15 is 0 Å². The van der Waals surface area contributed by atoms with E-state index in [1.807, 2.05) is 19.0 Å². The molecule has 13 heteroatoms. The number of anilines is 3. The van der Waals surface area contributed by atoms with Gasteiger partial charge in [-0.3, -0.25) is 9.59 Å². The summed E-state index contributed by atoms with van der Waals surface area (Å²) in [7, 11) is 6.63. The Balaban J connectivity index is 2.17. The van der Waals surface area contributed by atoms with E-state index in [-0.39, 0.29) is 28.9 Å². The summed E-state index contributed by atoms with van der Waals surface area (Å²) in [6, 6.07) is 7.96. The predicted molar refractivity (Wildman–Crippen MR) is 193 cm³/mol. The molecule has 2 aromatic rings. The largest absolute Gasteiger partial charge is 0.506 e. The number of hydrogen-bond acceptors (Lipinski definition) is 10. The van der Waals surface area contributed by atoms with Gasteiger partial charge in [0.2, 0.25) is 0 Å². The highest BCUT2D eigenvalue weighted by molar-refractivity contribution is 6.09. The molecule has 5 atom stereocenters. The van der Waals surface area contributed by atoms with Crippen molar-refractivity contribution in [2.24, 2.45) is 11.7 Å². The SMILES string of the molecule is CO[C@H]1C=CC=C(C)C(=O)Nc2cc(O)c(NC(=O)c3ccc(N(C)C)cc3)c(c2O)C=C(C)C[C@H](OC)[C@H](O)[C@@H](C)C=C(C)[C@@H]1OC(N)=O. The lowest BCUT2D eigenvalue weighted by molar-refractivity contribution is -0.112. The smallest absolute Gasteiger partial charge is 0.405 e. The van der Waals surface area contributed by atoms with E-state index in [4.69, 9.17) is 19.9 Å². The highest BCUT2D eigenvalue weighted by atomic mass is 16.6. The standard InChI is InChI=1S/C37H48N4O9/c1-20-16-26-31(40-36(46)24-12-14-25(15-13-24)41(5)6)28(42)19-27(33(26)44)39-35(45)21(2)10-9-11-29(48-7)34(50-37(38)47)23(4)18-22(3)32(43)30(17-20)49-8/h9-16,18-19,22,29-30,32,34,42-44H,17H2,1-8H3,(H2,38,47)(H,39,45)(H,40,46)/t22-,29-,30-,32+,34-/m0/s1. The van der Waals surface area contributed by atoms with Crippen LogP contribution in [0.2, 0.25) is 0 Å². The van der Waals surface area contributed by atoms with Crippen LogP contribution in [0.3, 0.4) is 0 Å². The van der Waals surface area contributed by atoms with Crippen molar-refractivity contribution in [1.29, 1.82) is 0 Å². The van der Waals surface area contributed by atoms with Gasteiger partial charge in [-0.25, -0.2) is 4.79 Å². The average molecular weight is 693 g/mol. The minimum absolute atomic E-state index is 0.0259. The Morgan fingerprint density at radius 2 is 1.72 bits per heavy atom. The number of benzene rings is 2. The average Bonchev–Trinajstić information content (AvgIpc) is 3.07. The normalized spacial score (nSPS) is 22.1. The first-order valence-corrected chi connectivity index (χ1v) is 16.0. The van der Waals surface area contributed by atoms with Gasteiger partial charge in [-0.2, -0.15) is 0 Å². The van der Waals surface area contributed by atoms with E-state index in [0.29, 0.717) is 16.7 Å². The van der Waals surface area contributed by atoms with E-state index in [1.54, 1.807) is 76.3 Å². The maximum Gasteiger partial charge on any atom is 0.405 e. The van der Waals surface area contributed by atoms with Crippen molar-refractivity contribution >= 4 is 41.0 Å². The fourth-order valence-corrected chi connectivity index (χ4v) is 5.51. The second kappa shape index (κ2) is 17.5. The maximum atomic E-state index is 13.3. The van der Waals surface area contributed by atoms with Crippen LogP contribution in [0.5, 0.6) is 11.5 Å². The van der Waals surface area contributed by atoms with Crippen LogP contribution < -0.4 is 21.3 Å². The van der Waals surface area contributed by atoms with E-state index < -0.39 is 59.7 Å². The van der Waals surface area contributed by atoms with Gasteiger partial charge in [0, 0.05) is 62.7 Å². The predicted octanol–water partition coefficient (Wildman–Crippen LogP) is 5.10. The molecule has 0 aliphatic carbocycles. The Morgan fingerprint density at radius 3 is 2.30 bits per heavy atom. The number of allylic oxidation sites excluding steroid dienone is 2. The maximum absolute atomic E-state index is 13.3. The van der Waals surface area contributed by atoms with Crippen molar-refractivity contribution in [3.05, 3.63) is 82.5 Å². The number of ether oxygens (including phenoxy) is 3. The molecule has 50 heavy (non-hydrogen) atoms. The molecule has 3 rings (SSSR count). The molecule has 0 radical (unpaired) electrons. The summed E-state index contributed by atoms with van der Waals surface area (Å²) >= 11 is 0. The molecule has 1 heterocycles. The van der Waals surface area contributed by atoms with E-state index in [9.17, 15) is 29.7 Å². The van der Waals surface area contributed by atoms with Gasteiger partial charge in [0.05, 0.1) is 23.6 Å². The third-order valence-electron chi connectivity index (χ3n) is 8.38. The molecule has 1 aliphatic heterocycles. The number of nitrogens with two attached hydrogens (primary N) is 1. The lowest BCUT2D eigenvalue weighted by atomic mass is 9.91. The number of aromatic hydroxyl groups is 2. The number of nitrogens with zero attached hydrogens (tertiary/aromatic N) is 1. The number of fused-ring (bicyclic) bond motifs is 2. The second-order valence-corrected chi connectivity index (χ2v) is 12.5. The Bertz CT molecular complexity index is 1680. The van der Waals surface area contributed by atoms with Gasteiger partial charge in [0.1, 0.15) is 17.6 Å². The Kier molecular flexibility index (Phi) is 13.8. The molecule has 0 fully saturated rings. The molecule has 3 amide bonds. The van der Waals surface area contributed by atoms with Crippen LogP contribution in [0, 0.1) is 5.92 Å². The highest BCUT2D eigenvalue weighted by Gasteiger charge is 2.29. The van der Waals surface area contributed by atoms with Crippen LogP contribution in [-0.4, -0.2) is 86.0 Å². The van der Waals surface area contributed by atoms with Crippen LogP contribution >= 0.6 is 0 Å². The molecule has 0 saturated carbocycles. The zero-order chi connectivity index (χ0) is 37.3. The van der Waals surface area contributed by atoms with Crippen LogP contribution in [-0.2, 0) is 19.0 Å². The number of phenolic OH excluding ortho intramolecular Hbond substituents is 2. The van der Waals surface area contributed by atoms with Gasteiger partial charge >= 0.3 is 6.09 Å². The first kappa shape index (κ1) is 39.3. The molecular weight excluding hydrogens is 644 g/mol. The van der Waals surface area contributed by atoms with Gasteiger partial charge in [0.15, 0.2) is 6.10 Å². The van der Waals surface area contributed by atoms with Crippen LogP contribution in [0.25, 0.3) is 6.08 Å². The number of nitrogens with one attached hydrogen (secondary N) is 2. The van der Waals surface area contributed by atoms with Gasteiger partial charge in [-0.15, -0.1) is 0 Å². The van der Waals surface area contributed by atoms with Crippen molar-refractivity contribution in [3.63, 3.8) is 0 Å². The molecule has 2 bridgehead atoms. The van der Waals surface area contributed by atoms with Gasteiger partial charge in [0.25, 0.3) is 11.8 Å². The number of amides is 3. The Hall–Kier alpha value is -5.11. The molecule has 2 aromatic carbocycles. The molecule has 0 spiro atoms. The fourth-order valence-electron chi connectivity index (χ4n) is 5.51. The number of aliphatic hydroxyl groups excluding tert-OH is 1. The quantitative estimate of drug-likeness (QED) is 0.135. The fraction of sp³-hybridized carbons (Fsp3) is 0.378. The molecule has 7 N–H and O–H groups in total. The van der Waals surface area contributed by atoms with Gasteiger partial charge in [-0.05, 0) is 63.1 Å². The molecule has 0 aromatic heterocycles. The summed E-state index contributed by atoms with van der Waals surface area (Å²) < 4.78 is 16.6. The van der Waals surface area contributed by atoms with Gasteiger partial charge < -0.3 is 50.8 Å². The van der Waals surface area contributed by atoms with Crippen LogP contribution in [0.4, 0.5) is 21.9 Å². The summed E-state index contributed by atoms with van der Waals surface area (Å²) in [5.41, 5.74) is 7.76. The van der Waals surface area contributed by atoms with Crippen molar-refractivity contribution in [2.75, 3.05) is 43.8 Å². The molecular formula is C37H48N4O9. The number of carbonyl (C=O) groups excluding carboxylic acids is 3. The number of phenols is 2. The number of carbonyl (C=O) groups is 3. The number of rotatable bonds is 6. The van der Waals surface area contributed by atoms with E-state index in [0.717, 1.165) is 11.8 Å². The first-order valence-electron chi connectivity index (χ1n) is 16.0. The Morgan fingerprint density at radius 1 is 1.06 bits per heavy atom. The zero-order valence-electron chi connectivity index (χ0n) is 29.7. The van der Waals surface area contributed by atoms with E-state index in [2.05, 4.69) is 10.6 Å². The topological polar surface area (TPSA) is 193 Å². The van der Waals surface area contributed by atoms with Crippen molar-refractivity contribution in [1.82, 2.24) is 0 Å². The summed E-state index contributed by atoms with van der Waals surface area (Å²) in [5, 5.41) is 39.3. The van der Waals surface area contributed by atoms with Crippen LogP contribution in [0.15, 0.2) is 71.4 Å². The van der Waals surface area contributed by atoms with Crippen LogP contribution in [0.1, 0.15) is 50.0 Å². The summed E-state index contributed by atoms with van der Waals surface area (Å²) in [6.45, 7) is 6.77. The molecule has 13 nitrogen and oxygen atoms in total. The molecule has 1 aliphatic rings. The van der Waals surface area contributed by atoms with Crippen molar-refractivity contribution in [2.45, 2.75) is 58.5 Å². The third kappa shape index (κ3) is 9.97. The third-order valence-corrected chi connectivity index (χ3v) is 8.38. The van der Waals surface area contributed by atoms with Crippen molar-refractivity contribution < 1.29 is 43.9 Å². The summed E-state index contributed by atoms with van der Waals surface area (Å²) in [4.78, 5) is 40.3. The number of methoxy groups -OCH3 is 2. The number of aliphatic hydroxyl groups is 1. The minimum Gasteiger partial charge on any atom is -0.506 e. The zero-order valence-corrected chi connectivity index (χ0v) is 29.7. The van der Waals surface area contributed by atoms with Gasteiger partial charge in [-0.1, -0.05) is 36.8 Å². The van der Waals surface area contributed by atoms with Crippen molar-refractivity contribution in [3.8, 4) is 11.5 Å². The summed E-state index contributed by atoms with van der Waals surface area (Å²) in [6.07, 6.45) is 3.48. The lowest BCUT2D eigenvalue weighted by Gasteiger charge is -2.28. The number of hydrogen-bond donors (Lipinski definition) is 6. The summed E-state index contributed by atoms with van der Waals surface area (Å²) in [5.74, 6) is -2.47. The molecule has 0 saturated heterocycles.